The minimum atomic E-state index is -2.87. The first kappa shape index (κ1) is 13.3. The molecule has 0 radical (unpaired) electrons. The smallest absolute Gasteiger partial charge is 0.183 e. The molecule has 0 aliphatic heterocycles. The average molecular weight is 284 g/mol. The summed E-state index contributed by atoms with van der Waals surface area (Å²) in [5.41, 5.74) is 2.20. The molecule has 0 unspecified atom stereocenters. The summed E-state index contributed by atoms with van der Waals surface area (Å²) >= 11 is 1.60. The van der Waals surface area contributed by atoms with Gasteiger partial charge in [0.05, 0.1) is 16.0 Å². The van der Waals surface area contributed by atoms with E-state index in [4.69, 9.17) is 0 Å². The fourth-order valence-corrected chi connectivity index (χ4v) is 3.30. The van der Waals surface area contributed by atoms with Crippen molar-refractivity contribution in [3.63, 3.8) is 0 Å². The van der Waals surface area contributed by atoms with Crippen LogP contribution in [0.15, 0.2) is 18.2 Å². The monoisotopic (exact) mass is 284 g/mol. The van der Waals surface area contributed by atoms with E-state index in [1.165, 1.54) is 11.8 Å². The van der Waals surface area contributed by atoms with E-state index in [0.717, 1.165) is 15.3 Å². The Morgan fingerprint density at radius 3 is 2.89 bits per heavy atom. The summed E-state index contributed by atoms with van der Waals surface area (Å²) in [6.45, 7) is 2.68. The summed E-state index contributed by atoms with van der Waals surface area (Å²) in [5.74, 6) is 0.212. The number of aryl methyl sites for hydroxylation is 1. The summed E-state index contributed by atoms with van der Waals surface area (Å²) in [7, 11) is -2.87. The van der Waals surface area contributed by atoms with Crippen molar-refractivity contribution in [3.8, 4) is 0 Å². The molecule has 0 saturated carbocycles. The van der Waals surface area contributed by atoms with Gasteiger partial charge in [0, 0.05) is 12.8 Å². The molecule has 0 saturated heterocycles. The molecule has 0 atom stereocenters. The number of hydrogen-bond donors (Lipinski definition) is 1. The fraction of sp³-hybridized carbons (Fsp3) is 0.417. The average Bonchev–Trinajstić information content (AvgIpc) is 2.65. The van der Waals surface area contributed by atoms with Crippen molar-refractivity contribution in [2.45, 2.75) is 13.3 Å². The van der Waals surface area contributed by atoms with Gasteiger partial charge in [0.15, 0.2) is 5.13 Å². The first-order valence-electron chi connectivity index (χ1n) is 5.73. The predicted molar refractivity (Wildman–Crippen MR) is 77.2 cm³/mol. The third-order valence-corrected chi connectivity index (χ3v) is 4.52. The molecule has 18 heavy (non-hydrogen) atoms. The molecule has 2 rings (SSSR count). The second-order valence-electron chi connectivity index (χ2n) is 4.40. The van der Waals surface area contributed by atoms with Crippen LogP contribution in [0.4, 0.5) is 5.13 Å². The van der Waals surface area contributed by atoms with Crippen LogP contribution in [-0.4, -0.2) is 32.0 Å². The third kappa shape index (κ3) is 3.68. The summed E-state index contributed by atoms with van der Waals surface area (Å²) in [5, 5.41) is 4.02. The number of benzene rings is 1. The van der Waals surface area contributed by atoms with E-state index >= 15 is 0 Å². The fourth-order valence-electron chi connectivity index (χ4n) is 1.64. The van der Waals surface area contributed by atoms with Crippen molar-refractivity contribution >= 4 is 36.5 Å². The number of rotatable bonds is 5. The molecule has 0 aliphatic carbocycles. The Hall–Kier alpha value is -1.14. The summed E-state index contributed by atoms with van der Waals surface area (Å²) in [6, 6.07) is 6.15. The van der Waals surface area contributed by atoms with Crippen LogP contribution in [0.1, 0.15) is 12.0 Å². The van der Waals surface area contributed by atoms with Crippen molar-refractivity contribution < 1.29 is 8.42 Å². The normalized spacial score (nSPS) is 11.9. The molecule has 1 N–H and O–H groups in total. The van der Waals surface area contributed by atoms with E-state index < -0.39 is 9.84 Å². The maximum absolute atomic E-state index is 11.0. The van der Waals surface area contributed by atoms with Gasteiger partial charge >= 0.3 is 0 Å². The van der Waals surface area contributed by atoms with Gasteiger partial charge in [-0.15, -0.1) is 0 Å². The largest absolute Gasteiger partial charge is 0.361 e. The zero-order valence-electron chi connectivity index (χ0n) is 10.4. The first-order chi connectivity index (χ1) is 8.44. The molecule has 6 heteroatoms. The Labute approximate surface area is 111 Å². The molecule has 0 aliphatic rings. The summed E-state index contributed by atoms with van der Waals surface area (Å²) < 4.78 is 23.1. The van der Waals surface area contributed by atoms with Crippen molar-refractivity contribution in [3.05, 3.63) is 23.8 Å². The van der Waals surface area contributed by atoms with E-state index in [-0.39, 0.29) is 5.75 Å². The molecule has 0 bridgehead atoms. The van der Waals surface area contributed by atoms with Crippen LogP contribution in [-0.2, 0) is 9.84 Å². The first-order valence-corrected chi connectivity index (χ1v) is 8.60. The number of anilines is 1. The van der Waals surface area contributed by atoms with Crippen LogP contribution in [0.5, 0.6) is 0 Å². The number of fused-ring (bicyclic) bond motifs is 1. The molecule has 1 aromatic heterocycles. The molecular weight excluding hydrogens is 268 g/mol. The van der Waals surface area contributed by atoms with Gasteiger partial charge in [-0.1, -0.05) is 17.4 Å². The number of nitrogens with zero attached hydrogens (tertiary/aromatic N) is 1. The summed E-state index contributed by atoms with van der Waals surface area (Å²) in [4.78, 5) is 4.45. The van der Waals surface area contributed by atoms with Crippen LogP contribution in [0.25, 0.3) is 10.2 Å². The van der Waals surface area contributed by atoms with E-state index in [0.29, 0.717) is 13.0 Å². The van der Waals surface area contributed by atoms with Gasteiger partial charge in [0.25, 0.3) is 0 Å². The van der Waals surface area contributed by atoms with Gasteiger partial charge in [0.2, 0.25) is 0 Å². The van der Waals surface area contributed by atoms with Crippen LogP contribution < -0.4 is 5.32 Å². The minimum Gasteiger partial charge on any atom is -0.361 e. The number of sulfone groups is 1. The number of aromatic nitrogens is 1. The quantitative estimate of drug-likeness (QED) is 0.857. The van der Waals surface area contributed by atoms with E-state index in [9.17, 15) is 8.42 Å². The summed E-state index contributed by atoms with van der Waals surface area (Å²) in [6.07, 6.45) is 1.86. The molecule has 0 amide bonds. The second-order valence-corrected chi connectivity index (χ2v) is 7.69. The molecule has 1 heterocycles. The Bertz CT molecular complexity index is 647. The lowest BCUT2D eigenvalue weighted by molar-refractivity contribution is 0.600. The highest BCUT2D eigenvalue weighted by molar-refractivity contribution is 7.90. The highest BCUT2D eigenvalue weighted by Gasteiger charge is 2.04. The van der Waals surface area contributed by atoms with E-state index in [1.807, 2.05) is 12.1 Å². The second kappa shape index (κ2) is 5.24. The molecule has 1 aromatic carbocycles. The number of hydrogen-bond acceptors (Lipinski definition) is 5. The third-order valence-electron chi connectivity index (χ3n) is 2.51. The minimum absolute atomic E-state index is 0.212. The van der Waals surface area contributed by atoms with Crippen LogP contribution >= 0.6 is 11.3 Å². The van der Waals surface area contributed by atoms with E-state index in [2.05, 4.69) is 23.3 Å². The number of thiazole rings is 1. The zero-order valence-corrected chi connectivity index (χ0v) is 12.1. The van der Waals surface area contributed by atoms with Gasteiger partial charge in [-0.3, -0.25) is 0 Å². The van der Waals surface area contributed by atoms with Crippen molar-refractivity contribution in [1.29, 1.82) is 0 Å². The maximum atomic E-state index is 11.0. The Morgan fingerprint density at radius 1 is 1.39 bits per heavy atom. The van der Waals surface area contributed by atoms with Crippen molar-refractivity contribution in [2.24, 2.45) is 0 Å². The maximum Gasteiger partial charge on any atom is 0.183 e. The van der Waals surface area contributed by atoms with Crippen LogP contribution in [0.3, 0.4) is 0 Å². The van der Waals surface area contributed by atoms with Gasteiger partial charge in [-0.25, -0.2) is 13.4 Å². The molecular formula is C12H16N2O2S2. The zero-order chi connectivity index (χ0) is 13.2. The van der Waals surface area contributed by atoms with Gasteiger partial charge < -0.3 is 5.32 Å². The van der Waals surface area contributed by atoms with Crippen molar-refractivity contribution in [1.82, 2.24) is 4.98 Å². The number of nitrogens with one attached hydrogen (secondary N) is 1. The Morgan fingerprint density at radius 2 is 2.17 bits per heavy atom. The Balaban J connectivity index is 1.96. The highest BCUT2D eigenvalue weighted by atomic mass is 32.2. The standard InChI is InChI=1S/C12H16N2O2S2/c1-9-4-5-10-11(8-9)17-12(14-10)13-6-3-7-18(2,15)16/h4-5,8H,3,6-7H2,1-2H3,(H,13,14). The van der Waals surface area contributed by atoms with Gasteiger partial charge in [0.1, 0.15) is 9.84 Å². The topological polar surface area (TPSA) is 59.1 Å². The molecule has 0 spiro atoms. The van der Waals surface area contributed by atoms with Crippen LogP contribution in [0.2, 0.25) is 0 Å². The SMILES string of the molecule is Cc1ccc2nc(NCCCS(C)(=O)=O)sc2c1. The Kier molecular flexibility index (Phi) is 3.87. The molecule has 0 fully saturated rings. The lowest BCUT2D eigenvalue weighted by Crippen LogP contribution is -2.09. The molecule has 2 aromatic rings. The predicted octanol–water partition coefficient (Wildman–Crippen LogP) is 2.45. The van der Waals surface area contributed by atoms with Crippen molar-refractivity contribution in [2.75, 3.05) is 23.9 Å². The van der Waals surface area contributed by atoms with E-state index in [1.54, 1.807) is 11.3 Å². The lowest BCUT2D eigenvalue weighted by Gasteiger charge is -2.00. The lowest BCUT2D eigenvalue weighted by atomic mass is 10.2. The highest BCUT2D eigenvalue weighted by Crippen LogP contribution is 2.26. The molecule has 98 valence electrons. The van der Waals surface area contributed by atoms with Crippen LogP contribution in [0, 0.1) is 6.92 Å². The molecule has 4 nitrogen and oxygen atoms in total. The van der Waals surface area contributed by atoms with Gasteiger partial charge in [-0.2, -0.15) is 0 Å². The van der Waals surface area contributed by atoms with Gasteiger partial charge in [-0.05, 0) is 31.0 Å².